The van der Waals surface area contributed by atoms with Gasteiger partial charge in [0.2, 0.25) is 0 Å². The van der Waals surface area contributed by atoms with Crippen molar-refractivity contribution in [1.82, 2.24) is 14.4 Å². The number of nitrogens with one attached hydrogen (secondary N) is 1. The summed E-state index contributed by atoms with van der Waals surface area (Å²) >= 11 is 5.83. The van der Waals surface area contributed by atoms with E-state index in [0.717, 1.165) is 5.56 Å². The number of halogens is 1. The van der Waals surface area contributed by atoms with Crippen LogP contribution in [0.15, 0.2) is 67.3 Å². The number of nitrogens with zero attached hydrogens (tertiary/aromatic N) is 4. The minimum atomic E-state index is -0.435. The number of fused-ring (bicyclic) bond motifs is 1. The Labute approximate surface area is 159 Å². The number of anilines is 1. The molecule has 1 amide bonds. The molecule has 0 radical (unpaired) electrons. The number of aromatic nitrogens is 4. The Bertz CT molecular complexity index is 1110. The normalized spacial score (nSPS) is 10.9. The molecule has 4 heterocycles. The maximum absolute atomic E-state index is 12.8. The third-order valence-corrected chi connectivity index (χ3v) is 4.31. The maximum atomic E-state index is 12.8. The third kappa shape index (κ3) is 3.32. The summed E-state index contributed by atoms with van der Waals surface area (Å²) in [5.74, 6) is -0.577. The van der Waals surface area contributed by atoms with Gasteiger partial charge in [-0.25, -0.2) is 4.98 Å². The molecule has 0 aliphatic heterocycles. The van der Waals surface area contributed by atoms with Crippen molar-refractivity contribution < 1.29 is 14.5 Å². The summed E-state index contributed by atoms with van der Waals surface area (Å²) in [6.45, 7) is 0.337. The molecular formula is C19H15ClN5O2+. The quantitative estimate of drug-likeness (QED) is 0.421. The summed E-state index contributed by atoms with van der Waals surface area (Å²) in [5.41, 5.74) is 2.19. The zero-order chi connectivity index (χ0) is 18.8. The molecule has 0 aromatic carbocycles. The van der Waals surface area contributed by atoms with E-state index in [9.17, 15) is 9.90 Å². The van der Waals surface area contributed by atoms with E-state index in [4.69, 9.17) is 11.6 Å². The molecule has 4 aromatic heterocycles. The number of carbonyl (C=O) groups is 1. The Hall–Kier alpha value is -3.45. The van der Waals surface area contributed by atoms with Gasteiger partial charge in [0, 0.05) is 24.0 Å². The number of pyridine rings is 3. The molecule has 2 N–H and O–H groups in total. The van der Waals surface area contributed by atoms with Gasteiger partial charge >= 0.3 is 11.8 Å². The lowest BCUT2D eigenvalue weighted by Crippen LogP contribution is -2.33. The van der Waals surface area contributed by atoms with E-state index in [1.54, 1.807) is 51.8 Å². The Morgan fingerprint density at radius 1 is 1.19 bits per heavy atom. The van der Waals surface area contributed by atoms with Gasteiger partial charge in [0.05, 0.1) is 18.1 Å². The molecule has 8 heteroatoms. The van der Waals surface area contributed by atoms with Gasteiger partial charge in [-0.2, -0.15) is 8.97 Å². The molecule has 4 rings (SSSR count). The first-order valence-corrected chi connectivity index (χ1v) is 8.55. The molecule has 0 aliphatic carbocycles. The highest BCUT2D eigenvalue weighted by atomic mass is 35.5. The lowest BCUT2D eigenvalue weighted by atomic mass is 10.3. The summed E-state index contributed by atoms with van der Waals surface area (Å²) in [7, 11) is 0. The van der Waals surface area contributed by atoms with Crippen LogP contribution in [0.4, 0.5) is 5.69 Å². The van der Waals surface area contributed by atoms with Crippen LogP contribution < -0.4 is 9.88 Å². The van der Waals surface area contributed by atoms with Crippen LogP contribution in [-0.2, 0) is 6.54 Å². The largest absolute Gasteiger partial charge is 0.474 e. The molecule has 0 atom stereocenters. The van der Waals surface area contributed by atoms with Crippen molar-refractivity contribution in [2.45, 2.75) is 6.54 Å². The highest BCUT2D eigenvalue weighted by Crippen LogP contribution is 2.19. The van der Waals surface area contributed by atoms with Gasteiger partial charge in [-0.15, -0.1) is 0 Å². The number of hydrogen-bond donors (Lipinski definition) is 2. The predicted molar refractivity (Wildman–Crippen MR) is 99.8 cm³/mol. The van der Waals surface area contributed by atoms with Crippen LogP contribution in [0.25, 0.3) is 5.65 Å². The van der Waals surface area contributed by atoms with Crippen LogP contribution in [0.5, 0.6) is 5.88 Å². The fourth-order valence-electron chi connectivity index (χ4n) is 2.86. The topological polar surface area (TPSA) is 83.4 Å². The molecule has 0 aliphatic rings. The Morgan fingerprint density at radius 3 is 2.81 bits per heavy atom. The summed E-state index contributed by atoms with van der Waals surface area (Å²) in [5, 5.41) is 13.9. The molecule has 27 heavy (non-hydrogen) atoms. The molecule has 0 saturated carbocycles. The lowest BCUT2D eigenvalue weighted by molar-refractivity contribution is -0.668. The first kappa shape index (κ1) is 17.0. The second kappa shape index (κ2) is 7.05. The van der Waals surface area contributed by atoms with Crippen LogP contribution in [-0.4, -0.2) is 25.4 Å². The predicted octanol–water partition coefficient (Wildman–Crippen LogP) is 2.68. The molecule has 0 fully saturated rings. The van der Waals surface area contributed by atoms with Crippen LogP contribution >= 0.6 is 11.6 Å². The van der Waals surface area contributed by atoms with Gasteiger partial charge in [0.25, 0.3) is 11.3 Å². The van der Waals surface area contributed by atoms with Crippen molar-refractivity contribution in [2.24, 2.45) is 0 Å². The number of hydrogen-bond acceptors (Lipinski definition) is 4. The number of amides is 1. The Morgan fingerprint density at radius 2 is 2.07 bits per heavy atom. The van der Waals surface area contributed by atoms with Gasteiger partial charge in [-0.1, -0.05) is 23.7 Å². The lowest BCUT2D eigenvalue weighted by Gasteiger charge is -2.01. The second-order valence-electron chi connectivity index (χ2n) is 5.87. The number of rotatable bonds is 4. The summed E-state index contributed by atoms with van der Waals surface area (Å²) in [6, 6.07) is 12.4. The minimum absolute atomic E-state index is 0.136. The van der Waals surface area contributed by atoms with Crippen molar-refractivity contribution in [3.63, 3.8) is 0 Å². The van der Waals surface area contributed by atoms with E-state index in [2.05, 4.69) is 15.3 Å². The van der Waals surface area contributed by atoms with E-state index in [-0.39, 0.29) is 11.6 Å². The van der Waals surface area contributed by atoms with Crippen molar-refractivity contribution in [3.05, 3.63) is 83.7 Å². The van der Waals surface area contributed by atoms with Gasteiger partial charge in [0.1, 0.15) is 11.7 Å². The monoisotopic (exact) mass is 380 g/mol. The van der Waals surface area contributed by atoms with E-state index >= 15 is 0 Å². The van der Waals surface area contributed by atoms with Gasteiger partial charge in [-0.3, -0.25) is 9.78 Å². The molecular weight excluding hydrogens is 366 g/mol. The molecule has 0 saturated heterocycles. The first-order valence-electron chi connectivity index (χ1n) is 8.17. The zero-order valence-electron chi connectivity index (χ0n) is 14.1. The van der Waals surface area contributed by atoms with Gasteiger partial charge in [-0.05, 0) is 24.3 Å². The van der Waals surface area contributed by atoms with Crippen LogP contribution in [0.3, 0.4) is 0 Å². The Balaban J connectivity index is 1.76. The van der Waals surface area contributed by atoms with Crippen LogP contribution in [0, 0.1) is 0 Å². The number of aromatic hydroxyl groups is 1. The van der Waals surface area contributed by atoms with Crippen molar-refractivity contribution in [1.29, 1.82) is 0 Å². The van der Waals surface area contributed by atoms with E-state index in [1.165, 1.54) is 6.20 Å². The number of carbonyl (C=O) groups excluding carboxylic acids is 1. The average molecular weight is 381 g/mol. The Kier molecular flexibility index (Phi) is 4.43. The standard InChI is InChI=1S/C19H14ClN5O2/c20-15-7-6-13(10-22-15)12-25-16-5-1-2-9-24(16)17(19(25)27)18(26)23-14-4-3-8-21-11-14/h1-11H,12H2,(H-,23,26,27)/p+1. The van der Waals surface area contributed by atoms with Crippen LogP contribution in [0.1, 0.15) is 16.1 Å². The fraction of sp³-hybridized carbons (Fsp3) is 0.0526. The van der Waals surface area contributed by atoms with Crippen LogP contribution in [0.2, 0.25) is 5.15 Å². The molecule has 134 valence electrons. The molecule has 0 bridgehead atoms. The van der Waals surface area contributed by atoms with Gasteiger partial charge < -0.3 is 10.4 Å². The van der Waals surface area contributed by atoms with E-state index < -0.39 is 5.91 Å². The smallest absolute Gasteiger partial charge is 0.337 e. The molecule has 0 spiro atoms. The first-order chi connectivity index (χ1) is 13.1. The maximum Gasteiger partial charge on any atom is 0.337 e. The summed E-state index contributed by atoms with van der Waals surface area (Å²) in [4.78, 5) is 20.8. The van der Waals surface area contributed by atoms with Crippen molar-refractivity contribution >= 4 is 28.8 Å². The molecule has 7 nitrogen and oxygen atoms in total. The van der Waals surface area contributed by atoms with Gasteiger partial charge in [0.15, 0.2) is 0 Å². The average Bonchev–Trinajstić information content (AvgIpc) is 2.96. The third-order valence-electron chi connectivity index (χ3n) is 4.09. The summed E-state index contributed by atoms with van der Waals surface area (Å²) < 4.78 is 3.29. The molecule has 4 aromatic rings. The minimum Gasteiger partial charge on any atom is -0.474 e. The van der Waals surface area contributed by atoms with Crippen molar-refractivity contribution in [3.8, 4) is 5.88 Å². The second-order valence-corrected chi connectivity index (χ2v) is 6.26. The highest BCUT2D eigenvalue weighted by Gasteiger charge is 2.30. The van der Waals surface area contributed by atoms with Crippen molar-refractivity contribution in [2.75, 3.05) is 5.32 Å². The van der Waals surface area contributed by atoms with E-state index in [1.807, 2.05) is 18.2 Å². The van der Waals surface area contributed by atoms with E-state index in [0.29, 0.717) is 23.0 Å². The zero-order valence-corrected chi connectivity index (χ0v) is 14.8. The number of imidazole rings is 1. The fourth-order valence-corrected chi connectivity index (χ4v) is 2.98. The summed E-state index contributed by atoms with van der Waals surface area (Å²) in [6.07, 6.45) is 6.52. The molecule has 0 unspecified atom stereocenters. The highest BCUT2D eigenvalue weighted by molar-refractivity contribution is 6.29. The SMILES string of the molecule is O=C(Nc1cccnc1)c1c(O)[n+](Cc2ccc(Cl)nc2)c2ccccn12.